The van der Waals surface area contributed by atoms with Crippen molar-refractivity contribution in [3.63, 3.8) is 0 Å². The first-order valence-corrected chi connectivity index (χ1v) is 7.71. The van der Waals surface area contributed by atoms with Gasteiger partial charge in [0.05, 0.1) is 5.69 Å². The van der Waals surface area contributed by atoms with Crippen LogP contribution in [0.4, 0.5) is 0 Å². The second kappa shape index (κ2) is 4.02. The highest BCUT2D eigenvalue weighted by Gasteiger charge is 2.52. The zero-order chi connectivity index (χ0) is 13.0. The van der Waals surface area contributed by atoms with E-state index in [2.05, 4.69) is 4.98 Å². The Labute approximate surface area is 115 Å². The first-order chi connectivity index (χ1) is 9.18. The van der Waals surface area contributed by atoms with Crippen LogP contribution in [-0.4, -0.2) is 9.97 Å². The third-order valence-corrected chi connectivity index (χ3v) is 5.75. The van der Waals surface area contributed by atoms with Crippen LogP contribution in [0.5, 0.6) is 0 Å². The van der Waals surface area contributed by atoms with Crippen LogP contribution in [0.25, 0.3) is 0 Å². The molecule has 1 heterocycles. The Morgan fingerprint density at radius 3 is 2.26 bits per heavy atom. The highest BCUT2D eigenvalue weighted by molar-refractivity contribution is 5.30. The summed E-state index contributed by atoms with van der Waals surface area (Å²) in [6.07, 6.45) is 10.4. The van der Waals surface area contributed by atoms with Gasteiger partial charge in [0.25, 0.3) is 0 Å². The molecule has 1 aromatic rings. The van der Waals surface area contributed by atoms with Gasteiger partial charge in [0.15, 0.2) is 0 Å². The number of aromatic nitrogens is 2. The van der Waals surface area contributed by atoms with Crippen molar-refractivity contribution in [3.8, 4) is 0 Å². The molecule has 3 heteroatoms. The van der Waals surface area contributed by atoms with Gasteiger partial charge < -0.3 is 5.73 Å². The maximum atomic E-state index is 5.94. The van der Waals surface area contributed by atoms with Gasteiger partial charge in [0.2, 0.25) is 0 Å². The quantitative estimate of drug-likeness (QED) is 0.886. The van der Waals surface area contributed by atoms with Crippen LogP contribution in [-0.2, 0) is 12.0 Å². The van der Waals surface area contributed by atoms with Crippen molar-refractivity contribution < 1.29 is 0 Å². The maximum Gasteiger partial charge on any atom is 0.125 e. The molecule has 4 aliphatic rings. The van der Waals surface area contributed by atoms with E-state index in [1.807, 2.05) is 13.1 Å². The monoisotopic (exact) mass is 257 g/mol. The Morgan fingerprint density at radius 1 is 1.16 bits per heavy atom. The second-order valence-electron chi connectivity index (χ2n) is 7.19. The Balaban J connectivity index is 1.81. The smallest absolute Gasteiger partial charge is 0.125 e. The number of rotatable bonds is 2. The first-order valence-electron chi connectivity index (χ1n) is 7.71. The standard InChI is InChI=1S/C16H23N3/c1-10-18-9-14(8-17)15(19-10)16-5-11-2-12(6-16)4-13(3-11)7-16/h9,11-13H,2-8,17H2,1H3. The van der Waals surface area contributed by atoms with Crippen molar-refractivity contribution in [1.82, 2.24) is 9.97 Å². The molecule has 19 heavy (non-hydrogen) atoms. The van der Waals surface area contributed by atoms with Crippen molar-refractivity contribution in [2.24, 2.45) is 23.5 Å². The average Bonchev–Trinajstić information content (AvgIpc) is 2.37. The average molecular weight is 257 g/mol. The summed E-state index contributed by atoms with van der Waals surface area (Å²) in [5.41, 5.74) is 8.78. The van der Waals surface area contributed by atoms with Gasteiger partial charge in [-0.1, -0.05) is 0 Å². The Morgan fingerprint density at radius 2 is 1.74 bits per heavy atom. The van der Waals surface area contributed by atoms with Gasteiger partial charge in [-0.25, -0.2) is 9.97 Å². The molecule has 4 aliphatic carbocycles. The lowest BCUT2D eigenvalue weighted by Crippen LogP contribution is -2.49. The van der Waals surface area contributed by atoms with Crippen molar-refractivity contribution in [2.45, 2.75) is 57.4 Å². The van der Waals surface area contributed by atoms with E-state index in [1.165, 1.54) is 49.8 Å². The number of hydrogen-bond donors (Lipinski definition) is 1. The van der Waals surface area contributed by atoms with Gasteiger partial charge in [0, 0.05) is 23.7 Å². The Kier molecular flexibility index (Phi) is 2.50. The minimum Gasteiger partial charge on any atom is -0.326 e. The molecule has 0 aliphatic heterocycles. The summed E-state index contributed by atoms with van der Waals surface area (Å²) in [6.45, 7) is 2.58. The van der Waals surface area contributed by atoms with Crippen LogP contribution in [0.15, 0.2) is 6.20 Å². The highest BCUT2D eigenvalue weighted by Crippen LogP contribution is 2.60. The molecule has 0 radical (unpaired) electrons. The molecule has 5 rings (SSSR count). The van der Waals surface area contributed by atoms with Crippen molar-refractivity contribution in [1.29, 1.82) is 0 Å². The molecule has 1 aromatic heterocycles. The lowest BCUT2D eigenvalue weighted by Gasteiger charge is -2.56. The summed E-state index contributed by atoms with van der Waals surface area (Å²) >= 11 is 0. The molecule has 3 nitrogen and oxygen atoms in total. The molecular weight excluding hydrogens is 234 g/mol. The van der Waals surface area contributed by atoms with Gasteiger partial charge in [-0.15, -0.1) is 0 Å². The van der Waals surface area contributed by atoms with Crippen LogP contribution in [0.3, 0.4) is 0 Å². The van der Waals surface area contributed by atoms with Crippen molar-refractivity contribution in [2.75, 3.05) is 0 Å². The van der Waals surface area contributed by atoms with Gasteiger partial charge in [-0.2, -0.15) is 0 Å². The molecule has 0 unspecified atom stereocenters. The van der Waals surface area contributed by atoms with Gasteiger partial charge >= 0.3 is 0 Å². The fourth-order valence-corrected chi connectivity index (χ4v) is 5.50. The molecular formula is C16H23N3. The first kappa shape index (κ1) is 11.8. The third-order valence-electron chi connectivity index (χ3n) is 5.75. The summed E-state index contributed by atoms with van der Waals surface area (Å²) < 4.78 is 0. The number of aryl methyl sites for hydroxylation is 1. The molecule has 4 bridgehead atoms. The largest absolute Gasteiger partial charge is 0.326 e. The normalized spacial score (nSPS) is 39.8. The van der Waals surface area contributed by atoms with E-state index >= 15 is 0 Å². The van der Waals surface area contributed by atoms with Crippen molar-refractivity contribution >= 4 is 0 Å². The van der Waals surface area contributed by atoms with Gasteiger partial charge in [0.1, 0.15) is 5.82 Å². The molecule has 2 N–H and O–H groups in total. The fourth-order valence-electron chi connectivity index (χ4n) is 5.50. The second-order valence-corrected chi connectivity index (χ2v) is 7.19. The third kappa shape index (κ3) is 1.74. The summed E-state index contributed by atoms with van der Waals surface area (Å²) in [7, 11) is 0. The predicted octanol–water partition coefficient (Wildman–Crippen LogP) is 2.71. The molecule has 4 saturated carbocycles. The predicted molar refractivity (Wildman–Crippen MR) is 74.5 cm³/mol. The van der Waals surface area contributed by atoms with E-state index in [4.69, 9.17) is 10.7 Å². The SMILES string of the molecule is Cc1ncc(CN)c(C23CC4CC(CC(C4)C2)C3)n1. The Bertz CT molecular complexity index is 473. The topological polar surface area (TPSA) is 51.8 Å². The van der Waals surface area contributed by atoms with E-state index in [0.717, 1.165) is 23.6 Å². The Hall–Kier alpha value is -0.960. The van der Waals surface area contributed by atoms with Crippen LogP contribution in [0.2, 0.25) is 0 Å². The van der Waals surface area contributed by atoms with E-state index in [-0.39, 0.29) is 0 Å². The molecule has 0 spiro atoms. The minimum absolute atomic E-state index is 0.344. The minimum atomic E-state index is 0.344. The number of nitrogens with two attached hydrogens (primary N) is 1. The summed E-state index contributed by atoms with van der Waals surface area (Å²) in [5.74, 6) is 3.76. The maximum absolute atomic E-state index is 5.94. The highest BCUT2D eigenvalue weighted by atomic mass is 14.9. The molecule has 0 atom stereocenters. The van der Waals surface area contributed by atoms with Crippen molar-refractivity contribution in [3.05, 3.63) is 23.3 Å². The van der Waals surface area contributed by atoms with E-state index < -0.39 is 0 Å². The fraction of sp³-hybridized carbons (Fsp3) is 0.750. The lowest BCUT2D eigenvalue weighted by atomic mass is 9.48. The van der Waals surface area contributed by atoms with Crippen LogP contribution < -0.4 is 5.73 Å². The van der Waals surface area contributed by atoms with Crippen LogP contribution in [0, 0.1) is 24.7 Å². The number of nitrogens with zero attached hydrogens (tertiary/aromatic N) is 2. The van der Waals surface area contributed by atoms with E-state index in [9.17, 15) is 0 Å². The van der Waals surface area contributed by atoms with Gasteiger partial charge in [-0.05, 0) is 63.2 Å². The van der Waals surface area contributed by atoms with E-state index in [0.29, 0.717) is 12.0 Å². The summed E-state index contributed by atoms with van der Waals surface area (Å²) in [6, 6.07) is 0. The van der Waals surface area contributed by atoms with Gasteiger partial charge in [-0.3, -0.25) is 0 Å². The zero-order valence-corrected chi connectivity index (χ0v) is 11.7. The van der Waals surface area contributed by atoms with E-state index in [1.54, 1.807) is 0 Å². The van der Waals surface area contributed by atoms with Crippen LogP contribution in [0.1, 0.15) is 55.6 Å². The van der Waals surface area contributed by atoms with Crippen LogP contribution >= 0.6 is 0 Å². The molecule has 102 valence electrons. The zero-order valence-electron chi connectivity index (χ0n) is 11.7. The summed E-state index contributed by atoms with van der Waals surface area (Å²) in [5, 5.41) is 0. The molecule has 0 amide bonds. The number of hydrogen-bond acceptors (Lipinski definition) is 3. The summed E-state index contributed by atoms with van der Waals surface area (Å²) in [4.78, 5) is 9.19. The molecule has 4 fully saturated rings. The lowest BCUT2D eigenvalue weighted by molar-refractivity contribution is -0.00776. The molecule has 0 aromatic carbocycles. The molecule has 0 saturated heterocycles.